The molecule has 3 heterocycles. The Hall–Kier alpha value is -2.09. The van der Waals surface area contributed by atoms with Gasteiger partial charge in [-0.25, -0.2) is 9.50 Å². The molecule has 4 nitrogen and oxygen atoms in total. The Morgan fingerprint density at radius 1 is 1.24 bits per heavy atom. The molecule has 0 spiro atoms. The van der Waals surface area contributed by atoms with Crippen LogP contribution < -0.4 is 0 Å². The van der Waals surface area contributed by atoms with Gasteiger partial charge >= 0.3 is 6.18 Å². The first-order valence-electron chi connectivity index (χ1n) is 8.01. The van der Waals surface area contributed by atoms with E-state index in [-0.39, 0.29) is 5.65 Å². The molecule has 0 N–H and O–H groups in total. The Bertz CT molecular complexity index is 931. The van der Waals surface area contributed by atoms with Crippen molar-refractivity contribution < 1.29 is 13.2 Å². The molecule has 0 aromatic carbocycles. The fourth-order valence-corrected chi connectivity index (χ4v) is 3.53. The number of alkyl halides is 3. The summed E-state index contributed by atoms with van der Waals surface area (Å²) in [6.45, 7) is 2.05. The summed E-state index contributed by atoms with van der Waals surface area (Å²) in [4.78, 5) is 9.87. The molecule has 25 heavy (non-hydrogen) atoms. The first-order valence-corrected chi connectivity index (χ1v) is 9.00. The Kier molecular flexibility index (Phi) is 3.94. The number of pyridine rings is 1. The molecule has 1 fully saturated rings. The van der Waals surface area contributed by atoms with E-state index < -0.39 is 11.7 Å². The predicted octanol–water partition coefficient (Wildman–Crippen LogP) is 4.80. The molecular formula is C17H15F3N4S. The third-order valence-corrected chi connectivity index (χ3v) is 5.02. The van der Waals surface area contributed by atoms with Crippen LogP contribution in [0.2, 0.25) is 0 Å². The van der Waals surface area contributed by atoms with Crippen LogP contribution in [0, 0.1) is 0 Å². The Morgan fingerprint density at radius 3 is 2.72 bits per heavy atom. The van der Waals surface area contributed by atoms with Crippen molar-refractivity contribution in [2.75, 3.05) is 5.75 Å². The van der Waals surface area contributed by atoms with Gasteiger partial charge in [0.2, 0.25) is 0 Å². The van der Waals surface area contributed by atoms with Crippen LogP contribution >= 0.6 is 11.8 Å². The standard InChI is InChI=1S/C17H15F3N4S/c1-2-25-14-5-11(10-3-4-10)7-21-16(14)13-9-24-15(23-13)6-12(8-22-24)17(18,19)20/h5-10H,2-4H2,1H3. The molecule has 0 unspecified atom stereocenters. The molecule has 0 atom stereocenters. The van der Waals surface area contributed by atoms with Crippen LogP contribution in [-0.4, -0.2) is 25.3 Å². The Labute approximate surface area is 146 Å². The summed E-state index contributed by atoms with van der Waals surface area (Å²) in [5.74, 6) is 1.47. The van der Waals surface area contributed by atoms with Crippen molar-refractivity contribution in [2.45, 2.75) is 36.8 Å². The monoisotopic (exact) mass is 364 g/mol. The number of nitrogens with zero attached hydrogens (tertiary/aromatic N) is 4. The van der Waals surface area contributed by atoms with E-state index in [9.17, 15) is 13.2 Å². The molecule has 0 saturated heterocycles. The van der Waals surface area contributed by atoms with Crippen LogP contribution in [0.3, 0.4) is 0 Å². The lowest BCUT2D eigenvalue weighted by Gasteiger charge is -2.07. The smallest absolute Gasteiger partial charge is 0.253 e. The van der Waals surface area contributed by atoms with E-state index in [1.807, 2.05) is 6.20 Å². The van der Waals surface area contributed by atoms with Gasteiger partial charge in [0.05, 0.1) is 18.0 Å². The van der Waals surface area contributed by atoms with E-state index in [0.29, 0.717) is 17.3 Å². The topological polar surface area (TPSA) is 43.1 Å². The molecule has 4 rings (SSSR count). The van der Waals surface area contributed by atoms with E-state index in [4.69, 9.17) is 0 Å². The summed E-state index contributed by atoms with van der Waals surface area (Å²) in [5.41, 5.74) is 1.80. The molecule has 0 bridgehead atoms. The molecule has 0 aliphatic heterocycles. The average Bonchev–Trinajstić information content (AvgIpc) is 3.33. The number of imidazole rings is 1. The van der Waals surface area contributed by atoms with E-state index in [2.05, 4.69) is 28.1 Å². The number of rotatable bonds is 4. The second kappa shape index (κ2) is 6.01. The number of aromatic nitrogens is 4. The van der Waals surface area contributed by atoms with Gasteiger partial charge in [0.1, 0.15) is 11.4 Å². The van der Waals surface area contributed by atoms with Crippen LogP contribution in [0.4, 0.5) is 13.2 Å². The molecule has 1 saturated carbocycles. The maximum atomic E-state index is 12.8. The summed E-state index contributed by atoms with van der Waals surface area (Å²) in [6.07, 6.45) is 2.23. The fraction of sp³-hybridized carbons (Fsp3) is 0.353. The van der Waals surface area contributed by atoms with Gasteiger partial charge < -0.3 is 0 Å². The molecule has 8 heteroatoms. The summed E-state index contributed by atoms with van der Waals surface area (Å²) in [7, 11) is 0. The third-order valence-electron chi connectivity index (χ3n) is 4.11. The average molecular weight is 364 g/mol. The summed E-state index contributed by atoms with van der Waals surface area (Å²) >= 11 is 1.66. The highest BCUT2D eigenvalue weighted by Crippen LogP contribution is 2.42. The van der Waals surface area contributed by atoms with Crippen molar-refractivity contribution in [3.05, 3.63) is 41.9 Å². The molecular weight excluding hydrogens is 349 g/mol. The van der Waals surface area contributed by atoms with Crippen LogP contribution in [0.1, 0.15) is 36.8 Å². The van der Waals surface area contributed by atoms with Crippen LogP contribution in [0.5, 0.6) is 0 Å². The summed E-state index contributed by atoms with van der Waals surface area (Å²) in [5, 5.41) is 3.82. The second-order valence-corrected chi connectivity index (χ2v) is 7.30. The van der Waals surface area contributed by atoms with Gasteiger partial charge in [0, 0.05) is 11.1 Å². The maximum Gasteiger partial charge on any atom is 0.418 e. The Balaban J connectivity index is 1.78. The first kappa shape index (κ1) is 16.4. The van der Waals surface area contributed by atoms with Gasteiger partial charge in [-0.2, -0.15) is 18.3 Å². The minimum absolute atomic E-state index is 0.158. The fourth-order valence-electron chi connectivity index (χ4n) is 2.70. The third kappa shape index (κ3) is 3.22. The number of thioether (sulfide) groups is 1. The van der Waals surface area contributed by atoms with Gasteiger partial charge in [0.25, 0.3) is 0 Å². The van der Waals surface area contributed by atoms with Crippen LogP contribution in [0.15, 0.2) is 35.6 Å². The van der Waals surface area contributed by atoms with Crippen molar-refractivity contribution in [3.63, 3.8) is 0 Å². The summed E-state index contributed by atoms with van der Waals surface area (Å²) in [6, 6.07) is 3.13. The zero-order valence-electron chi connectivity index (χ0n) is 13.4. The van der Waals surface area contributed by atoms with Crippen molar-refractivity contribution in [2.24, 2.45) is 0 Å². The second-order valence-electron chi connectivity index (χ2n) is 5.99. The number of fused-ring (bicyclic) bond motifs is 1. The van der Waals surface area contributed by atoms with E-state index >= 15 is 0 Å². The lowest BCUT2D eigenvalue weighted by Crippen LogP contribution is -2.06. The summed E-state index contributed by atoms with van der Waals surface area (Å²) < 4.78 is 39.9. The molecule has 1 aliphatic carbocycles. The Morgan fingerprint density at radius 2 is 2.04 bits per heavy atom. The van der Waals surface area contributed by atoms with Crippen LogP contribution in [-0.2, 0) is 6.18 Å². The van der Waals surface area contributed by atoms with Gasteiger partial charge in [-0.05, 0) is 42.2 Å². The largest absolute Gasteiger partial charge is 0.418 e. The number of hydrogen-bond acceptors (Lipinski definition) is 4. The van der Waals surface area contributed by atoms with Gasteiger partial charge in [-0.3, -0.25) is 4.98 Å². The normalized spacial score (nSPS) is 15.0. The molecule has 0 radical (unpaired) electrons. The molecule has 1 aliphatic rings. The minimum Gasteiger partial charge on any atom is -0.253 e. The highest BCUT2D eigenvalue weighted by molar-refractivity contribution is 7.99. The molecule has 130 valence electrons. The first-order chi connectivity index (χ1) is 12.0. The maximum absolute atomic E-state index is 12.8. The van der Waals surface area contributed by atoms with Gasteiger partial charge in [-0.1, -0.05) is 6.92 Å². The zero-order valence-corrected chi connectivity index (χ0v) is 14.2. The van der Waals surface area contributed by atoms with Crippen molar-refractivity contribution in [3.8, 4) is 11.4 Å². The predicted molar refractivity (Wildman–Crippen MR) is 89.6 cm³/mol. The van der Waals surface area contributed by atoms with Crippen molar-refractivity contribution in [1.82, 2.24) is 19.6 Å². The molecule has 0 amide bonds. The quantitative estimate of drug-likeness (QED) is 0.624. The number of halogens is 3. The zero-order chi connectivity index (χ0) is 17.6. The minimum atomic E-state index is -4.44. The lowest BCUT2D eigenvalue weighted by atomic mass is 10.1. The highest BCUT2D eigenvalue weighted by atomic mass is 32.2. The van der Waals surface area contributed by atoms with Crippen LogP contribution in [0.25, 0.3) is 17.0 Å². The lowest BCUT2D eigenvalue weighted by molar-refractivity contribution is -0.137. The SMILES string of the molecule is CCSc1cc(C2CC2)cnc1-c1cn2ncc(C(F)(F)F)cc2n1. The number of hydrogen-bond donors (Lipinski definition) is 0. The van der Waals surface area contributed by atoms with Gasteiger partial charge in [0.15, 0.2) is 5.65 Å². The highest BCUT2D eigenvalue weighted by Gasteiger charge is 2.31. The van der Waals surface area contributed by atoms with Gasteiger partial charge in [-0.15, -0.1) is 11.8 Å². The van der Waals surface area contributed by atoms with E-state index in [1.54, 1.807) is 18.0 Å². The van der Waals surface area contributed by atoms with Crippen molar-refractivity contribution in [1.29, 1.82) is 0 Å². The molecule has 3 aromatic rings. The van der Waals surface area contributed by atoms with E-state index in [0.717, 1.165) is 22.9 Å². The molecule has 3 aromatic heterocycles. The van der Waals surface area contributed by atoms with Crippen molar-refractivity contribution >= 4 is 17.4 Å². The van der Waals surface area contributed by atoms with E-state index in [1.165, 1.54) is 22.9 Å².